The molecule has 0 unspecified atom stereocenters. The molecule has 0 bridgehead atoms. The van der Waals surface area contributed by atoms with Gasteiger partial charge in [-0.25, -0.2) is 0 Å². The summed E-state index contributed by atoms with van der Waals surface area (Å²) in [5.41, 5.74) is 1.14. The van der Waals surface area contributed by atoms with Crippen LogP contribution in [0, 0.1) is 6.92 Å². The lowest BCUT2D eigenvalue weighted by Crippen LogP contribution is -2.09. The van der Waals surface area contributed by atoms with Crippen molar-refractivity contribution in [2.45, 2.75) is 46.8 Å². The summed E-state index contributed by atoms with van der Waals surface area (Å²) in [6, 6.07) is 10.3. The quantitative estimate of drug-likeness (QED) is 0.789. The Bertz CT molecular complexity index is 571. The topological polar surface area (TPSA) is 18.5 Å². The number of hydrogen-bond donors (Lipinski definition) is 0. The summed E-state index contributed by atoms with van der Waals surface area (Å²) < 4.78 is 11.9. The Morgan fingerprint density at radius 2 is 1.53 bits per heavy atom. The van der Waals surface area contributed by atoms with E-state index < -0.39 is 0 Å². The first kappa shape index (κ1) is 13.7. The van der Waals surface area contributed by atoms with Gasteiger partial charge in [0.25, 0.3) is 0 Å². The summed E-state index contributed by atoms with van der Waals surface area (Å²) >= 11 is 0. The maximum Gasteiger partial charge on any atom is 0.134 e. The zero-order valence-electron chi connectivity index (χ0n) is 12.4. The van der Waals surface area contributed by atoms with Crippen LogP contribution in [-0.4, -0.2) is 12.2 Å². The Balaban J connectivity index is 2.65. The van der Waals surface area contributed by atoms with Gasteiger partial charge in [0.05, 0.1) is 17.6 Å². The SMILES string of the molecule is Cc1ccc2cccc(OC(C)C)c2c1OC(C)C. The zero-order chi connectivity index (χ0) is 14.0. The summed E-state index contributed by atoms with van der Waals surface area (Å²) in [5.74, 6) is 1.83. The lowest BCUT2D eigenvalue weighted by molar-refractivity contribution is 0.235. The van der Waals surface area contributed by atoms with Crippen LogP contribution < -0.4 is 9.47 Å². The molecule has 2 rings (SSSR count). The second-order valence-corrected chi connectivity index (χ2v) is 5.40. The predicted molar refractivity (Wildman–Crippen MR) is 80.2 cm³/mol. The molecule has 2 aromatic carbocycles. The Hall–Kier alpha value is -1.70. The first-order chi connectivity index (χ1) is 8.99. The monoisotopic (exact) mass is 258 g/mol. The van der Waals surface area contributed by atoms with Crippen LogP contribution in [0.4, 0.5) is 0 Å². The molecular formula is C17H22O2. The van der Waals surface area contributed by atoms with Crippen molar-refractivity contribution in [3.63, 3.8) is 0 Å². The number of rotatable bonds is 4. The summed E-state index contributed by atoms with van der Waals surface area (Å²) in [6.07, 6.45) is 0.300. The van der Waals surface area contributed by atoms with Crippen molar-refractivity contribution in [2.75, 3.05) is 0 Å². The zero-order valence-corrected chi connectivity index (χ0v) is 12.4. The fourth-order valence-corrected chi connectivity index (χ4v) is 2.16. The lowest BCUT2D eigenvalue weighted by Gasteiger charge is -2.19. The standard InChI is InChI=1S/C17H22O2/c1-11(2)18-15-8-6-7-14-10-9-13(5)17(16(14)15)19-12(3)4/h6-12H,1-5H3. The molecule has 2 nitrogen and oxygen atoms in total. The van der Waals surface area contributed by atoms with Gasteiger partial charge >= 0.3 is 0 Å². The molecule has 0 radical (unpaired) electrons. The van der Waals surface area contributed by atoms with Crippen molar-refractivity contribution >= 4 is 10.8 Å². The molecule has 102 valence electrons. The molecule has 2 aromatic rings. The number of ether oxygens (including phenoxy) is 2. The minimum absolute atomic E-state index is 0.149. The molecule has 0 fully saturated rings. The molecule has 0 saturated carbocycles. The highest BCUT2D eigenvalue weighted by Gasteiger charge is 2.13. The fourth-order valence-electron chi connectivity index (χ4n) is 2.16. The molecule has 19 heavy (non-hydrogen) atoms. The maximum absolute atomic E-state index is 6.00. The van der Waals surface area contributed by atoms with Crippen LogP contribution in [0.3, 0.4) is 0 Å². The van der Waals surface area contributed by atoms with Crippen LogP contribution in [0.2, 0.25) is 0 Å². The van der Waals surface area contributed by atoms with Gasteiger partial charge in [-0.15, -0.1) is 0 Å². The van der Waals surface area contributed by atoms with Gasteiger partial charge in [-0.05, 0) is 51.6 Å². The second kappa shape index (κ2) is 5.52. The molecule has 0 spiro atoms. The van der Waals surface area contributed by atoms with Gasteiger partial charge < -0.3 is 9.47 Å². The van der Waals surface area contributed by atoms with Gasteiger partial charge in [-0.1, -0.05) is 24.3 Å². The van der Waals surface area contributed by atoms with Crippen LogP contribution in [0.1, 0.15) is 33.3 Å². The summed E-state index contributed by atoms with van der Waals surface area (Å²) in [4.78, 5) is 0. The van der Waals surface area contributed by atoms with Crippen molar-refractivity contribution in [3.8, 4) is 11.5 Å². The average Bonchev–Trinajstić information content (AvgIpc) is 2.32. The number of fused-ring (bicyclic) bond motifs is 1. The Kier molecular flexibility index (Phi) is 3.98. The van der Waals surface area contributed by atoms with E-state index in [1.165, 1.54) is 0 Å². The Labute approximate surface area is 115 Å². The van der Waals surface area contributed by atoms with E-state index in [1.54, 1.807) is 0 Å². The molecule has 2 heteroatoms. The smallest absolute Gasteiger partial charge is 0.134 e. The van der Waals surface area contributed by atoms with Crippen molar-refractivity contribution < 1.29 is 9.47 Å². The van der Waals surface area contributed by atoms with Crippen LogP contribution >= 0.6 is 0 Å². The number of benzene rings is 2. The highest BCUT2D eigenvalue weighted by atomic mass is 16.5. The van der Waals surface area contributed by atoms with E-state index in [9.17, 15) is 0 Å². The number of aryl methyl sites for hydroxylation is 1. The molecule has 0 atom stereocenters. The third-order valence-corrected chi connectivity index (χ3v) is 2.87. The molecule has 0 aliphatic heterocycles. The molecular weight excluding hydrogens is 236 g/mol. The van der Waals surface area contributed by atoms with Crippen LogP contribution in [0.5, 0.6) is 11.5 Å². The minimum atomic E-state index is 0.149. The van der Waals surface area contributed by atoms with Gasteiger partial charge in [0.15, 0.2) is 0 Å². The summed E-state index contributed by atoms with van der Waals surface area (Å²) in [5, 5.41) is 2.23. The highest BCUT2D eigenvalue weighted by Crippen LogP contribution is 2.37. The van der Waals surface area contributed by atoms with E-state index in [-0.39, 0.29) is 12.2 Å². The average molecular weight is 258 g/mol. The van der Waals surface area contributed by atoms with E-state index in [4.69, 9.17) is 9.47 Å². The van der Waals surface area contributed by atoms with E-state index in [1.807, 2.05) is 39.8 Å². The highest BCUT2D eigenvalue weighted by molar-refractivity contribution is 5.94. The third-order valence-electron chi connectivity index (χ3n) is 2.87. The van der Waals surface area contributed by atoms with Gasteiger partial charge in [-0.2, -0.15) is 0 Å². The first-order valence-electron chi connectivity index (χ1n) is 6.84. The molecule has 0 amide bonds. The van der Waals surface area contributed by atoms with Gasteiger partial charge in [0.1, 0.15) is 11.5 Å². The van der Waals surface area contributed by atoms with Gasteiger partial charge in [0.2, 0.25) is 0 Å². The van der Waals surface area contributed by atoms with Crippen LogP contribution in [0.15, 0.2) is 30.3 Å². The van der Waals surface area contributed by atoms with Crippen LogP contribution in [0.25, 0.3) is 10.8 Å². The molecule has 0 heterocycles. The first-order valence-corrected chi connectivity index (χ1v) is 6.84. The lowest BCUT2D eigenvalue weighted by atomic mass is 10.0. The van der Waals surface area contributed by atoms with Gasteiger partial charge in [0, 0.05) is 0 Å². The Morgan fingerprint density at radius 3 is 2.16 bits per heavy atom. The van der Waals surface area contributed by atoms with Gasteiger partial charge in [-0.3, -0.25) is 0 Å². The molecule has 0 aliphatic rings. The fraction of sp³-hybridized carbons (Fsp3) is 0.412. The molecule has 0 N–H and O–H groups in total. The van der Waals surface area contributed by atoms with E-state index in [2.05, 4.69) is 25.1 Å². The van der Waals surface area contributed by atoms with Crippen LogP contribution in [-0.2, 0) is 0 Å². The number of hydrogen-bond acceptors (Lipinski definition) is 2. The van der Waals surface area contributed by atoms with E-state index >= 15 is 0 Å². The molecule has 0 aromatic heterocycles. The summed E-state index contributed by atoms with van der Waals surface area (Å²) in [6.45, 7) is 10.2. The van der Waals surface area contributed by atoms with Crippen molar-refractivity contribution in [3.05, 3.63) is 35.9 Å². The maximum atomic E-state index is 6.00. The summed E-state index contributed by atoms with van der Waals surface area (Å²) in [7, 11) is 0. The van der Waals surface area contributed by atoms with Crippen molar-refractivity contribution in [2.24, 2.45) is 0 Å². The predicted octanol–water partition coefficient (Wildman–Crippen LogP) is 4.72. The molecule has 0 aliphatic carbocycles. The van der Waals surface area contributed by atoms with Crippen molar-refractivity contribution in [1.29, 1.82) is 0 Å². The van der Waals surface area contributed by atoms with E-state index in [0.717, 1.165) is 27.8 Å². The largest absolute Gasteiger partial charge is 0.490 e. The normalized spacial score (nSPS) is 11.3. The van der Waals surface area contributed by atoms with E-state index in [0.29, 0.717) is 0 Å². The second-order valence-electron chi connectivity index (χ2n) is 5.40. The third kappa shape index (κ3) is 3.01. The minimum Gasteiger partial charge on any atom is -0.490 e. The van der Waals surface area contributed by atoms with Crippen molar-refractivity contribution in [1.82, 2.24) is 0 Å². The molecule has 0 saturated heterocycles. The Morgan fingerprint density at radius 1 is 0.842 bits per heavy atom.